The molecule has 1 aliphatic heterocycles. The Kier molecular flexibility index (Phi) is 4.89. The van der Waals surface area contributed by atoms with Gasteiger partial charge in [0.1, 0.15) is 12.6 Å². The predicted octanol–water partition coefficient (Wildman–Crippen LogP) is -1.18. The van der Waals surface area contributed by atoms with Gasteiger partial charge < -0.3 is 20.1 Å². The van der Waals surface area contributed by atoms with Gasteiger partial charge in [-0.1, -0.05) is 0 Å². The van der Waals surface area contributed by atoms with E-state index >= 15 is 0 Å². The normalized spacial score (nSPS) is 19.9. The molecule has 7 nitrogen and oxygen atoms in total. The van der Waals surface area contributed by atoms with Crippen molar-refractivity contribution in [2.75, 3.05) is 26.3 Å². The summed E-state index contributed by atoms with van der Waals surface area (Å²) in [5.74, 6) is -1.83. The summed E-state index contributed by atoms with van der Waals surface area (Å²) in [6, 6.07) is -0.984. The van der Waals surface area contributed by atoms with Gasteiger partial charge in [-0.15, -0.1) is 0 Å². The molecule has 1 heterocycles. The summed E-state index contributed by atoms with van der Waals surface area (Å²) in [4.78, 5) is 34.9. The van der Waals surface area contributed by atoms with Crippen LogP contribution >= 0.6 is 0 Å². The number of carboxylic acids is 1. The molecular weight excluding hydrogens is 228 g/mol. The Balaban J connectivity index is 2.59. The first-order valence-corrected chi connectivity index (χ1v) is 5.43. The highest BCUT2D eigenvalue weighted by Gasteiger charge is 2.34. The fourth-order valence-electron chi connectivity index (χ4n) is 1.57. The Morgan fingerprint density at radius 2 is 2.29 bits per heavy atom. The van der Waals surface area contributed by atoms with Crippen molar-refractivity contribution in [1.82, 2.24) is 10.2 Å². The number of nitrogens with zero attached hydrogens (tertiary/aromatic N) is 1. The number of ether oxygens (including phenoxy) is 1. The Morgan fingerprint density at radius 1 is 1.59 bits per heavy atom. The molecule has 2 N–H and O–H groups in total. The minimum Gasteiger partial charge on any atom is -0.480 e. The summed E-state index contributed by atoms with van der Waals surface area (Å²) in [6.07, 6.45) is 0.0882. The monoisotopic (exact) mass is 244 g/mol. The fourth-order valence-corrected chi connectivity index (χ4v) is 1.57. The highest BCUT2D eigenvalue weighted by atomic mass is 16.5. The van der Waals surface area contributed by atoms with Crippen LogP contribution in [0.5, 0.6) is 0 Å². The summed E-state index contributed by atoms with van der Waals surface area (Å²) in [5.41, 5.74) is 0. The van der Waals surface area contributed by atoms with Crippen LogP contribution in [0.4, 0.5) is 0 Å². The topological polar surface area (TPSA) is 95.9 Å². The van der Waals surface area contributed by atoms with Gasteiger partial charge in [0.25, 0.3) is 0 Å². The third-order valence-electron chi connectivity index (χ3n) is 2.45. The number of hydrogen-bond acceptors (Lipinski definition) is 4. The number of nitrogens with one attached hydrogen (secondary N) is 1. The number of carboxylic acid groups (broad SMARTS) is 1. The molecule has 1 fully saturated rings. The van der Waals surface area contributed by atoms with Crippen LogP contribution in [0.3, 0.4) is 0 Å². The standard InChI is InChI=1S/C10H16N2O5/c1-2-17-4-3-9(14)12-6-8(13)11-5-7(12)10(15)16/h7H,2-6H2,1H3,(H,11,13)(H,15,16). The third kappa shape index (κ3) is 3.70. The van der Waals surface area contributed by atoms with Crippen molar-refractivity contribution in [2.24, 2.45) is 0 Å². The highest BCUT2D eigenvalue weighted by Crippen LogP contribution is 2.07. The van der Waals surface area contributed by atoms with Gasteiger partial charge in [-0.3, -0.25) is 9.59 Å². The maximum absolute atomic E-state index is 11.7. The summed E-state index contributed by atoms with van der Waals surface area (Å²) < 4.78 is 5.02. The summed E-state index contributed by atoms with van der Waals surface area (Å²) in [5, 5.41) is 11.4. The van der Waals surface area contributed by atoms with Gasteiger partial charge >= 0.3 is 5.97 Å². The van der Waals surface area contributed by atoms with Gasteiger partial charge in [0.15, 0.2) is 0 Å². The van der Waals surface area contributed by atoms with Crippen LogP contribution in [0.15, 0.2) is 0 Å². The van der Waals surface area contributed by atoms with E-state index in [1.807, 2.05) is 0 Å². The Labute approximate surface area is 98.7 Å². The van der Waals surface area contributed by atoms with Crippen molar-refractivity contribution in [3.8, 4) is 0 Å². The minimum absolute atomic E-state index is 0.0471. The lowest BCUT2D eigenvalue weighted by Gasteiger charge is -2.32. The predicted molar refractivity (Wildman–Crippen MR) is 57.3 cm³/mol. The number of aliphatic carboxylic acids is 1. The quantitative estimate of drug-likeness (QED) is 0.594. The molecule has 1 atom stereocenters. The summed E-state index contributed by atoms with van der Waals surface area (Å²) >= 11 is 0. The van der Waals surface area contributed by atoms with Crippen molar-refractivity contribution >= 4 is 17.8 Å². The zero-order chi connectivity index (χ0) is 12.8. The molecule has 0 radical (unpaired) electrons. The zero-order valence-corrected chi connectivity index (χ0v) is 9.64. The van der Waals surface area contributed by atoms with E-state index in [4.69, 9.17) is 9.84 Å². The third-order valence-corrected chi connectivity index (χ3v) is 2.45. The Hall–Kier alpha value is -1.63. The number of rotatable bonds is 5. The van der Waals surface area contributed by atoms with E-state index in [0.717, 1.165) is 4.90 Å². The van der Waals surface area contributed by atoms with Crippen LogP contribution in [-0.2, 0) is 19.1 Å². The molecule has 0 saturated carbocycles. The van der Waals surface area contributed by atoms with Crippen LogP contribution in [-0.4, -0.2) is 60.1 Å². The maximum atomic E-state index is 11.7. The van der Waals surface area contributed by atoms with Crippen LogP contribution in [0.2, 0.25) is 0 Å². The van der Waals surface area contributed by atoms with Crippen molar-refractivity contribution in [1.29, 1.82) is 0 Å². The van der Waals surface area contributed by atoms with E-state index in [2.05, 4.69) is 5.32 Å². The van der Waals surface area contributed by atoms with E-state index in [1.54, 1.807) is 6.92 Å². The lowest BCUT2D eigenvalue weighted by Crippen LogP contribution is -2.59. The van der Waals surface area contributed by atoms with Crippen molar-refractivity contribution in [3.63, 3.8) is 0 Å². The Morgan fingerprint density at radius 3 is 2.88 bits per heavy atom. The average Bonchev–Trinajstić information content (AvgIpc) is 2.28. The molecule has 0 aromatic carbocycles. The number of carbonyl (C=O) groups is 3. The average molecular weight is 244 g/mol. The van der Waals surface area contributed by atoms with Gasteiger partial charge in [0, 0.05) is 13.2 Å². The number of amides is 2. The summed E-state index contributed by atoms with van der Waals surface area (Å²) in [7, 11) is 0. The van der Waals surface area contributed by atoms with Crippen molar-refractivity contribution in [3.05, 3.63) is 0 Å². The molecule has 0 aliphatic carbocycles. The molecular formula is C10H16N2O5. The molecule has 1 saturated heterocycles. The first-order valence-electron chi connectivity index (χ1n) is 5.43. The van der Waals surface area contributed by atoms with Crippen LogP contribution in [0, 0.1) is 0 Å². The van der Waals surface area contributed by atoms with E-state index in [-0.39, 0.29) is 37.9 Å². The maximum Gasteiger partial charge on any atom is 0.328 e. The van der Waals surface area contributed by atoms with Gasteiger partial charge in [-0.05, 0) is 6.92 Å². The first kappa shape index (κ1) is 13.4. The second-order valence-electron chi connectivity index (χ2n) is 3.63. The molecule has 96 valence electrons. The second-order valence-corrected chi connectivity index (χ2v) is 3.63. The smallest absolute Gasteiger partial charge is 0.328 e. The number of hydrogen-bond donors (Lipinski definition) is 2. The molecule has 0 aromatic heterocycles. The van der Waals surface area contributed by atoms with Crippen molar-refractivity contribution in [2.45, 2.75) is 19.4 Å². The van der Waals surface area contributed by atoms with E-state index < -0.39 is 12.0 Å². The lowest BCUT2D eigenvalue weighted by molar-refractivity contribution is -0.154. The number of piperazine rings is 1. The van der Waals surface area contributed by atoms with Crippen LogP contribution in [0.1, 0.15) is 13.3 Å². The Bertz CT molecular complexity index is 318. The lowest BCUT2D eigenvalue weighted by atomic mass is 10.1. The summed E-state index contributed by atoms with van der Waals surface area (Å²) in [6.45, 7) is 2.28. The minimum atomic E-state index is -1.12. The first-order chi connectivity index (χ1) is 8.06. The molecule has 0 aromatic rings. The molecule has 0 bridgehead atoms. The van der Waals surface area contributed by atoms with Crippen molar-refractivity contribution < 1.29 is 24.2 Å². The second kappa shape index (κ2) is 6.19. The van der Waals surface area contributed by atoms with Crippen LogP contribution < -0.4 is 5.32 Å². The SMILES string of the molecule is CCOCCC(=O)N1CC(=O)NCC1C(=O)O. The van der Waals surface area contributed by atoms with Gasteiger partial charge in [-0.25, -0.2) is 4.79 Å². The molecule has 2 amide bonds. The fraction of sp³-hybridized carbons (Fsp3) is 0.700. The van der Waals surface area contributed by atoms with Crippen LogP contribution in [0.25, 0.3) is 0 Å². The molecule has 0 spiro atoms. The van der Waals surface area contributed by atoms with Gasteiger partial charge in [-0.2, -0.15) is 0 Å². The van der Waals surface area contributed by atoms with E-state index in [1.165, 1.54) is 0 Å². The molecule has 1 rings (SSSR count). The molecule has 17 heavy (non-hydrogen) atoms. The molecule has 1 unspecified atom stereocenters. The largest absolute Gasteiger partial charge is 0.480 e. The zero-order valence-electron chi connectivity index (χ0n) is 9.64. The van der Waals surface area contributed by atoms with Gasteiger partial charge in [0.05, 0.1) is 13.0 Å². The number of carbonyl (C=O) groups excluding carboxylic acids is 2. The molecule has 7 heteroatoms. The van der Waals surface area contributed by atoms with E-state index in [0.29, 0.717) is 6.61 Å². The molecule has 1 aliphatic rings. The highest BCUT2D eigenvalue weighted by molar-refractivity contribution is 5.91. The van der Waals surface area contributed by atoms with Gasteiger partial charge in [0.2, 0.25) is 11.8 Å². The van der Waals surface area contributed by atoms with E-state index in [9.17, 15) is 14.4 Å².